The number of amides is 1. The van der Waals surface area contributed by atoms with Gasteiger partial charge >= 0.3 is 0 Å². The van der Waals surface area contributed by atoms with Crippen LogP contribution in [0.25, 0.3) is 0 Å². The molecule has 2 nitrogen and oxygen atoms in total. The molecule has 0 aliphatic rings. The zero-order chi connectivity index (χ0) is 11.5. The maximum Gasteiger partial charge on any atom is 0.244 e. The molecular formula is C13H25NO. The first-order chi connectivity index (χ1) is 7.22. The van der Waals surface area contributed by atoms with Crippen molar-refractivity contribution in [3.05, 3.63) is 11.6 Å². The van der Waals surface area contributed by atoms with Gasteiger partial charge < -0.3 is 5.73 Å². The lowest BCUT2D eigenvalue weighted by atomic mass is 10.1. The molecule has 2 N–H and O–H groups in total. The number of hydrogen-bond donors (Lipinski definition) is 1. The molecule has 0 heterocycles. The van der Waals surface area contributed by atoms with Crippen molar-refractivity contribution in [1.82, 2.24) is 0 Å². The summed E-state index contributed by atoms with van der Waals surface area (Å²) in [4.78, 5) is 11.0. The molecule has 0 saturated carbocycles. The minimum Gasteiger partial charge on any atom is -0.366 e. The molecule has 0 aromatic rings. The highest BCUT2D eigenvalue weighted by molar-refractivity contribution is 5.91. The van der Waals surface area contributed by atoms with Gasteiger partial charge in [-0.3, -0.25) is 4.79 Å². The van der Waals surface area contributed by atoms with E-state index in [1.165, 1.54) is 32.1 Å². The smallest absolute Gasteiger partial charge is 0.244 e. The van der Waals surface area contributed by atoms with Gasteiger partial charge in [-0.25, -0.2) is 0 Å². The van der Waals surface area contributed by atoms with Gasteiger partial charge in [-0.2, -0.15) is 0 Å². The van der Waals surface area contributed by atoms with Crippen LogP contribution in [0.5, 0.6) is 0 Å². The first-order valence-corrected chi connectivity index (χ1v) is 6.21. The minimum absolute atomic E-state index is 0.245. The van der Waals surface area contributed by atoms with Gasteiger partial charge in [0.1, 0.15) is 0 Å². The number of primary amides is 1. The van der Waals surface area contributed by atoms with Crippen molar-refractivity contribution in [1.29, 1.82) is 0 Å². The van der Waals surface area contributed by atoms with Crippen molar-refractivity contribution in [3.63, 3.8) is 0 Å². The average molecular weight is 211 g/mol. The molecule has 0 unspecified atom stereocenters. The summed E-state index contributed by atoms with van der Waals surface area (Å²) in [5, 5.41) is 0. The molecule has 2 heteroatoms. The first-order valence-electron chi connectivity index (χ1n) is 6.21. The second-order valence-corrected chi connectivity index (χ2v) is 4.05. The normalized spacial score (nSPS) is 11.7. The average Bonchev–Trinajstić information content (AvgIpc) is 2.21. The van der Waals surface area contributed by atoms with Crippen LogP contribution in [-0.2, 0) is 4.79 Å². The molecule has 88 valence electrons. The van der Waals surface area contributed by atoms with E-state index < -0.39 is 0 Å². The van der Waals surface area contributed by atoms with Crippen LogP contribution in [0.4, 0.5) is 0 Å². The van der Waals surface area contributed by atoms with E-state index in [0.717, 1.165) is 24.8 Å². The van der Waals surface area contributed by atoms with Gasteiger partial charge in [0, 0.05) is 5.57 Å². The molecule has 15 heavy (non-hydrogen) atoms. The summed E-state index contributed by atoms with van der Waals surface area (Å²) in [7, 11) is 0. The molecule has 0 atom stereocenters. The zero-order valence-electron chi connectivity index (χ0n) is 10.2. The van der Waals surface area contributed by atoms with Crippen molar-refractivity contribution in [2.75, 3.05) is 0 Å². The molecule has 0 saturated heterocycles. The predicted octanol–water partition coefficient (Wildman–Crippen LogP) is 3.56. The minimum atomic E-state index is -0.245. The maximum absolute atomic E-state index is 11.0. The number of nitrogens with two attached hydrogens (primary N) is 1. The van der Waals surface area contributed by atoms with E-state index in [1.807, 2.05) is 6.08 Å². The molecule has 0 radical (unpaired) electrons. The van der Waals surface area contributed by atoms with E-state index in [1.54, 1.807) is 0 Å². The fourth-order valence-electron chi connectivity index (χ4n) is 1.62. The lowest BCUT2D eigenvalue weighted by Crippen LogP contribution is -2.13. The topological polar surface area (TPSA) is 43.1 Å². The largest absolute Gasteiger partial charge is 0.366 e. The van der Waals surface area contributed by atoms with Crippen LogP contribution in [0, 0.1) is 0 Å². The fraction of sp³-hybridized carbons (Fsp3) is 0.769. The maximum atomic E-state index is 11.0. The van der Waals surface area contributed by atoms with Crippen molar-refractivity contribution in [2.24, 2.45) is 5.73 Å². The van der Waals surface area contributed by atoms with Crippen molar-refractivity contribution >= 4 is 5.91 Å². The van der Waals surface area contributed by atoms with Crippen LogP contribution in [0.1, 0.15) is 65.2 Å². The van der Waals surface area contributed by atoms with Gasteiger partial charge in [-0.15, -0.1) is 0 Å². The molecule has 0 fully saturated rings. The summed E-state index contributed by atoms with van der Waals surface area (Å²) in [6.07, 6.45) is 11.2. The number of hydrogen-bond acceptors (Lipinski definition) is 1. The Morgan fingerprint density at radius 2 is 1.73 bits per heavy atom. The Morgan fingerprint density at radius 1 is 1.07 bits per heavy atom. The Balaban J connectivity index is 3.65. The lowest BCUT2D eigenvalue weighted by Gasteiger charge is -2.01. The highest BCUT2D eigenvalue weighted by Crippen LogP contribution is 2.10. The molecule has 1 amide bonds. The highest BCUT2D eigenvalue weighted by atomic mass is 16.1. The second kappa shape index (κ2) is 9.75. The van der Waals surface area contributed by atoms with E-state index in [0.29, 0.717) is 0 Å². The standard InChI is InChI=1S/C13H25NO/c1-3-5-6-7-8-9-11-12(10-4-2)13(14)15/h11H,3-10H2,1-2H3,(H2,14,15). The van der Waals surface area contributed by atoms with E-state index in [4.69, 9.17) is 5.73 Å². The third kappa shape index (κ3) is 8.22. The van der Waals surface area contributed by atoms with Crippen LogP contribution >= 0.6 is 0 Å². The van der Waals surface area contributed by atoms with E-state index in [2.05, 4.69) is 13.8 Å². The second-order valence-electron chi connectivity index (χ2n) is 4.05. The Kier molecular flexibility index (Phi) is 9.24. The molecule has 0 bridgehead atoms. The predicted molar refractivity (Wildman–Crippen MR) is 65.6 cm³/mol. The summed E-state index contributed by atoms with van der Waals surface area (Å²) in [5.74, 6) is -0.245. The third-order valence-electron chi connectivity index (χ3n) is 2.53. The highest BCUT2D eigenvalue weighted by Gasteiger charge is 2.01. The monoisotopic (exact) mass is 211 g/mol. The van der Waals surface area contributed by atoms with Crippen molar-refractivity contribution < 1.29 is 4.79 Å². The van der Waals surface area contributed by atoms with Crippen LogP contribution in [0.3, 0.4) is 0 Å². The number of unbranched alkanes of at least 4 members (excludes halogenated alkanes) is 5. The summed E-state index contributed by atoms with van der Waals surface area (Å²) in [6, 6.07) is 0. The quantitative estimate of drug-likeness (QED) is 0.460. The van der Waals surface area contributed by atoms with Crippen LogP contribution < -0.4 is 5.73 Å². The molecule has 0 aromatic heterocycles. The van der Waals surface area contributed by atoms with Crippen LogP contribution in [0.15, 0.2) is 11.6 Å². The fourth-order valence-corrected chi connectivity index (χ4v) is 1.62. The zero-order valence-corrected chi connectivity index (χ0v) is 10.2. The van der Waals surface area contributed by atoms with Gasteiger partial charge in [-0.05, 0) is 19.3 Å². The van der Waals surface area contributed by atoms with Crippen LogP contribution in [0.2, 0.25) is 0 Å². The molecule has 0 aliphatic carbocycles. The van der Waals surface area contributed by atoms with Gasteiger partial charge in [0.15, 0.2) is 0 Å². The van der Waals surface area contributed by atoms with E-state index >= 15 is 0 Å². The van der Waals surface area contributed by atoms with Gasteiger partial charge in [0.2, 0.25) is 5.91 Å². The summed E-state index contributed by atoms with van der Waals surface area (Å²) >= 11 is 0. The Hall–Kier alpha value is -0.790. The van der Waals surface area contributed by atoms with Crippen molar-refractivity contribution in [3.8, 4) is 0 Å². The van der Waals surface area contributed by atoms with Gasteiger partial charge in [0.05, 0.1) is 0 Å². The summed E-state index contributed by atoms with van der Waals surface area (Å²) in [6.45, 7) is 4.28. The molecule has 0 spiro atoms. The number of rotatable bonds is 9. The van der Waals surface area contributed by atoms with Crippen LogP contribution in [-0.4, -0.2) is 5.91 Å². The summed E-state index contributed by atoms with van der Waals surface area (Å²) < 4.78 is 0. The number of carbonyl (C=O) groups is 1. The molecule has 0 aliphatic heterocycles. The Morgan fingerprint density at radius 3 is 2.27 bits per heavy atom. The summed E-state index contributed by atoms with van der Waals surface area (Å²) in [5.41, 5.74) is 6.09. The van der Waals surface area contributed by atoms with Gasteiger partial charge in [-0.1, -0.05) is 52.0 Å². The van der Waals surface area contributed by atoms with E-state index in [9.17, 15) is 4.79 Å². The van der Waals surface area contributed by atoms with Crippen molar-refractivity contribution in [2.45, 2.75) is 65.2 Å². The molecular weight excluding hydrogens is 186 g/mol. The molecule has 0 rings (SSSR count). The number of allylic oxidation sites excluding steroid dienone is 1. The number of carbonyl (C=O) groups excluding carboxylic acids is 1. The third-order valence-corrected chi connectivity index (χ3v) is 2.53. The SMILES string of the molecule is CCCCCCCC=C(CCC)C(N)=O. The Labute approximate surface area is 93.9 Å². The van der Waals surface area contributed by atoms with Gasteiger partial charge in [0.25, 0.3) is 0 Å². The van der Waals surface area contributed by atoms with E-state index in [-0.39, 0.29) is 5.91 Å². The molecule has 0 aromatic carbocycles. The lowest BCUT2D eigenvalue weighted by molar-refractivity contribution is -0.114. The Bertz CT molecular complexity index is 197. The first kappa shape index (κ1) is 14.2.